The SMILES string of the molecule is COCc1cc(C(C)(C)c2cc(COC)c(OCCOc3ccc(C(CC(C)(C)C)C(C)(C)C)cc3)c(COC)c2)cc(COC)c1O. The third-order valence-electron chi connectivity index (χ3n) is 8.90. The minimum absolute atomic E-state index is 0.165. The maximum atomic E-state index is 10.8. The van der Waals surface area contributed by atoms with Gasteiger partial charge in [0.2, 0.25) is 0 Å². The van der Waals surface area contributed by atoms with Crippen molar-refractivity contribution >= 4 is 0 Å². The van der Waals surface area contributed by atoms with E-state index < -0.39 is 5.41 Å². The summed E-state index contributed by atoms with van der Waals surface area (Å²) in [4.78, 5) is 0. The van der Waals surface area contributed by atoms with Crippen LogP contribution in [0.25, 0.3) is 0 Å². The molecule has 0 saturated heterocycles. The molecule has 0 saturated carbocycles. The molecule has 266 valence electrons. The molecule has 1 atom stereocenters. The van der Waals surface area contributed by atoms with Crippen LogP contribution in [0.1, 0.15) is 107 Å². The van der Waals surface area contributed by atoms with Crippen LogP contribution in [0.15, 0.2) is 48.5 Å². The number of hydrogen-bond acceptors (Lipinski definition) is 7. The van der Waals surface area contributed by atoms with Crippen molar-refractivity contribution in [2.24, 2.45) is 10.8 Å². The summed E-state index contributed by atoms with van der Waals surface area (Å²) in [6.45, 7) is 20.3. The molecule has 0 aliphatic rings. The van der Waals surface area contributed by atoms with Crippen molar-refractivity contribution in [2.45, 2.75) is 99.6 Å². The van der Waals surface area contributed by atoms with Crippen LogP contribution in [0.4, 0.5) is 0 Å². The Morgan fingerprint density at radius 1 is 0.583 bits per heavy atom. The third kappa shape index (κ3) is 10.4. The highest BCUT2D eigenvalue weighted by molar-refractivity contribution is 5.52. The molecule has 3 aromatic carbocycles. The van der Waals surface area contributed by atoms with Gasteiger partial charge in [0.15, 0.2) is 0 Å². The smallest absolute Gasteiger partial charge is 0.130 e. The second-order valence-electron chi connectivity index (χ2n) is 15.6. The Bertz CT molecular complexity index is 1390. The highest BCUT2D eigenvalue weighted by atomic mass is 16.5. The zero-order valence-corrected chi connectivity index (χ0v) is 31.5. The monoisotopic (exact) mass is 664 g/mol. The highest BCUT2D eigenvalue weighted by Gasteiger charge is 2.31. The summed E-state index contributed by atoms with van der Waals surface area (Å²) < 4.78 is 34.6. The average molecular weight is 665 g/mol. The van der Waals surface area contributed by atoms with Crippen LogP contribution in [-0.2, 0) is 50.8 Å². The Morgan fingerprint density at radius 3 is 1.42 bits per heavy atom. The van der Waals surface area contributed by atoms with Gasteiger partial charge in [-0.25, -0.2) is 0 Å². The molecule has 0 bridgehead atoms. The lowest BCUT2D eigenvalue weighted by molar-refractivity contribution is 0.163. The summed E-state index contributed by atoms with van der Waals surface area (Å²) >= 11 is 0. The van der Waals surface area contributed by atoms with E-state index in [1.165, 1.54) is 5.56 Å². The van der Waals surface area contributed by atoms with Crippen LogP contribution in [0, 0.1) is 10.8 Å². The molecule has 3 rings (SSSR count). The van der Waals surface area contributed by atoms with Crippen LogP contribution < -0.4 is 9.47 Å². The number of ether oxygens (including phenoxy) is 6. The Kier molecular flexibility index (Phi) is 13.9. The molecule has 7 nitrogen and oxygen atoms in total. The van der Waals surface area contributed by atoms with Gasteiger partial charge in [-0.1, -0.05) is 67.5 Å². The first-order valence-electron chi connectivity index (χ1n) is 16.9. The molecular formula is C41H60O7. The first kappa shape index (κ1) is 39.3. The number of phenols is 1. The summed E-state index contributed by atoms with van der Waals surface area (Å²) in [6, 6.07) is 16.8. The third-order valence-corrected chi connectivity index (χ3v) is 8.90. The Labute approximate surface area is 289 Å². The number of hydrogen-bond donors (Lipinski definition) is 1. The number of methoxy groups -OCH3 is 4. The summed E-state index contributed by atoms with van der Waals surface area (Å²) in [7, 11) is 6.62. The normalized spacial score (nSPS) is 13.1. The lowest BCUT2D eigenvalue weighted by Crippen LogP contribution is -2.23. The number of benzene rings is 3. The lowest BCUT2D eigenvalue weighted by atomic mass is 9.69. The molecule has 0 amide bonds. The Morgan fingerprint density at radius 2 is 1.00 bits per heavy atom. The maximum absolute atomic E-state index is 10.8. The van der Waals surface area contributed by atoms with E-state index >= 15 is 0 Å². The molecule has 48 heavy (non-hydrogen) atoms. The number of phenolic OH excluding ortho intramolecular Hbond substituents is 1. The van der Waals surface area contributed by atoms with Crippen LogP contribution in [0.3, 0.4) is 0 Å². The molecule has 0 radical (unpaired) electrons. The predicted molar refractivity (Wildman–Crippen MR) is 193 cm³/mol. The molecule has 7 heteroatoms. The van der Waals surface area contributed by atoms with E-state index in [1.807, 2.05) is 12.1 Å². The zero-order chi connectivity index (χ0) is 35.7. The minimum atomic E-state index is -0.434. The second kappa shape index (κ2) is 17.0. The van der Waals surface area contributed by atoms with Crippen molar-refractivity contribution in [1.29, 1.82) is 0 Å². The Balaban J connectivity index is 1.84. The van der Waals surface area contributed by atoms with Gasteiger partial charge in [-0.05, 0) is 76.3 Å². The molecule has 0 heterocycles. The quantitative estimate of drug-likeness (QED) is 0.144. The van der Waals surface area contributed by atoms with E-state index in [9.17, 15) is 5.11 Å². The number of rotatable bonds is 17. The lowest BCUT2D eigenvalue weighted by Gasteiger charge is -2.36. The minimum Gasteiger partial charge on any atom is -0.507 e. The average Bonchev–Trinajstić information content (AvgIpc) is 3.00. The molecular weight excluding hydrogens is 604 g/mol. The molecule has 1 N–H and O–H groups in total. The van der Waals surface area contributed by atoms with Gasteiger partial charge >= 0.3 is 0 Å². The van der Waals surface area contributed by atoms with Gasteiger partial charge in [-0.2, -0.15) is 0 Å². The van der Waals surface area contributed by atoms with E-state index in [1.54, 1.807) is 28.4 Å². The van der Waals surface area contributed by atoms with Crippen molar-refractivity contribution in [3.05, 3.63) is 87.5 Å². The summed E-state index contributed by atoms with van der Waals surface area (Å²) in [5, 5.41) is 10.8. The van der Waals surface area contributed by atoms with Crippen LogP contribution in [0.5, 0.6) is 17.2 Å². The first-order chi connectivity index (χ1) is 22.5. The van der Waals surface area contributed by atoms with Gasteiger partial charge in [0.05, 0.1) is 26.4 Å². The molecule has 0 fully saturated rings. The standard InChI is InChI=1S/C41H60O7/c1-39(2,3)23-36(40(4,5)6)28-13-15-35(16-14-28)47-17-18-48-38-31(26-45-11)21-34(22-32(38)27-46-12)41(7,8)33-19-29(24-43-9)37(42)30(20-33)25-44-10/h13-16,19-22,36,42H,17-18,23-27H2,1-12H3. The zero-order valence-electron chi connectivity index (χ0n) is 31.5. The van der Waals surface area contributed by atoms with E-state index in [4.69, 9.17) is 28.4 Å². The van der Waals surface area contributed by atoms with Crippen LogP contribution >= 0.6 is 0 Å². The van der Waals surface area contributed by atoms with Gasteiger partial charge in [0.25, 0.3) is 0 Å². The molecule has 0 aromatic heterocycles. The van der Waals surface area contributed by atoms with Gasteiger partial charge in [-0.3, -0.25) is 0 Å². The fourth-order valence-corrected chi connectivity index (χ4v) is 6.28. The molecule has 0 aliphatic heterocycles. The topological polar surface area (TPSA) is 75.6 Å². The Hall–Kier alpha value is -3.10. The van der Waals surface area contributed by atoms with Crippen molar-refractivity contribution in [3.8, 4) is 17.2 Å². The van der Waals surface area contributed by atoms with E-state index in [0.29, 0.717) is 45.6 Å². The van der Waals surface area contributed by atoms with Crippen molar-refractivity contribution < 1.29 is 33.5 Å². The van der Waals surface area contributed by atoms with E-state index in [0.717, 1.165) is 51.3 Å². The number of aromatic hydroxyl groups is 1. The van der Waals surface area contributed by atoms with Gasteiger partial charge < -0.3 is 33.5 Å². The van der Waals surface area contributed by atoms with Crippen molar-refractivity contribution in [3.63, 3.8) is 0 Å². The van der Waals surface area contributed by atoms with Crippen molar-refractivity contribution in [1.82, 2.24) is 0 Å². The summed E-state index contributed by atoms with van der Waals surface area (Å²) in [5.74, 6) is 2.23. The maximum Gasteiger partial charge on any atom is 0.130 e. The van der Waals surface area contributed by atoms with E-state index in [2.05, 4.69) is 91.8 Å². The van der Waals surface area contributed by atoms with Crippen LogP contribution in [0.2, 0.25) is 0 Å². The molecule has 3 aromatic rings. The largest absolute Gasteiger partial charge is 0.507 e. The van der Waals surface area contributed by atoms with Gasteiger partial charge in [0, 0.05) is 56.1 Å². The highest BCUT2D eigenvalue weighted by Crippen LogP contribution is 2.43. The van der Waals surface area contributed by atoms with Gasteiger partial charge in [0.1, 0.15) is 30.5 Å². The van der Waals surface area contributed by atoms with Gasteiger partial charge in [-0.15, -0.1) is 0 Å². The van der Waals surface area contributed by atoms with Crippen molar-refractivity contribution in [2.75, 3.05) is 41.7 Å². The summed E-state index contributed by atoms with van der Waals surface area (Å²) in [6.07, 6.45) is 1.12. The fourth-order valence-electron chi connectivity index (χ4n) is 6.28. The molecule has 1 unspecified atom stereocenters. The first-order valence-corrected chi connectivity index (χ1v) is 16.9. The molecule has 0 aliphatic carbocycles. The molecule has 0 spiro atoms. The summed E-state index contributed by atoms with van der Waals surface area (Å²) in [5.41, 5.74) is 6.72. The van der Waals surface area contributed by atoms with Crippen LogP contribution in [-0.4, -0.2) is 46.8 Å². The predicted octanol–water partition coefficient (Wildman–Crippen LogP) is 9.33. The van der Waals surface area contributed by atoms with E-state index in [-0.39, 0.29) is 16.6 Å². The fraction of sp³-hybridized carbons (Fsp3) is 0.561. The second-order valence-corrected chi connectivity index (χ2v) is 15.6.